The van der Waals surface area contributed by atoms with Crippen molar-refractivity contribution in [3.63, 3.8) is 0 Å². The summed E-state index contributed by atoms with van der Waals surface area (Å²) in [5, 5.41) is 0. The van der Waals surface area contributed by atoms with Crippen LogP contribution in [0.15, 0.2) is 51.8 Å². The number of piperazine rings is 1. The highest BCUT2D eigenvalue weighted by atomic mass is 32.2. The zero-order chi connectivity index (χ0) is 17.6. The Labute approximate surface area is 148 Å². The van der Waals surface area contributed by atoms with Crippen molar-refractivity contribution in [2.45, 2.75) is 18.7 Å². The van der Waals surface area contributed by atoms with Gasteiger partial charge in [-0.25, -0.2) is 0 Å². The molecule has 0 bridgehead atoms. The third kappa shape index (κ3) is 2.70. The predicted molar refractivity (Wildman–Crippen MR) is 99.9 cm³/mol. The van der Waals surface area contributed by atoms with Crippen LogP contribution in [0.5, 0.6) is 0 Å². The van der Waals surface area contributed by atoms with Gasteiger partial charge >= 0.3 is 0 Å². The second-order valence-electron chi connectivity index (χ2n) is 6.58. The van der Waals surface area contributed by atoms with Crippen LogP contribution >= 0.6 is 0 Å². The maximum atomic E-state index is 12.2. The number of fused-ring (bicyclic) bond motifs is 1. The molecule has 0 amide bonds. The molecule has 2 aromatic carbocycles. The molecule has 2 aromatic rings. The highest BCUT2D eigenvalue weighted by Gasteiger charge is 2.33. The maximum absolute atomic E-state index is 12.2. The first kappa shape index (κ1) is 16.1. The van der Waals surface area contributed by atoms with Crippen molar-refractivity contribution in [3.8, 4) is 0 Å². The molecular weight excluding hydrogens is 334 g/mol. The average molecular weight is 355 g/mol. The molecule has 4 rings (SSSR count). The predicted octanol–water partition coefficient (Wildman–Crippen LogP) is 2.57. The summed E-state index contributed by atoms with van der Waals surface area (Å²) < 4.78 is 28.5. The molecule has 0 N–H and O–H groups in total. The molecule has 5 nitrogen and oxygen atoms in total. The van der Waals surface area contributed by atoms with E-state index in [1.807, 2.05) is 12.1 Å². The number of rotatable bonds is 1. The molecule has 0 spiro atoms. The lowest BCUT2D eigenvalue weighted by Gasteiger charge is -2.38. The summed E-state index contributed by atoms with van der Waals surface area (Å²) in [5.41, 5.74) is 4.59. The first-order valence-electron chi connectivity index (χ1n) is 8.48. The van der Waals surface area contributed by atoms with Gasteiger partial charge in [-0.2, -0.15) is 8.42 Å². The van der Waals surface area contributed by atoms with Gasteiger partial charge in [-0.1, -0.05) is 24.3 Å². The molecule has 1 saturated heterocycles. The lowest BCUT2D eigenvalue weighted by atomic mass is 10.1. The number of benzene rings is 2. The van der Waals surface area contributed by atoms with E-state index >= 15 is 0 Å². The topological polar surface area (TPSA) is 53.0 Å². The summed E-state index contributed by atoms with van der Waals surface area (Å²) in [4.78, 5) is 4.78. The van der Waals surface area contributed by atoms with Crippen LogP contribution in [0.25, 0.3) is 0 Å². The zero-order valence-electron chi connectivity index (χ0n) is 14.4. The SMILES string of the molecule is Cc1cccc(N2CCN(C3=NS(=O)(=O)c4ccccc43)CC2)c1C. The van der Waals surface area contributed by atoms with Crippen molar-refractivity contribution in [2.75, 3.05) is 31.1 Å². The van der Waals surface area contributed by atoms with Crippen LogP contribution in [-0.4, -0.2) is 45.3 Å². The quantitative estimate of drug-likeness (QED) is 0.789. The molecule has 0 saturated carbocycles. The second kappa shape index (κ2) is 5.88. The van der Waals surface area contributed by atoms with E-state index in [4.69, 9.17) is 0 Å². The van der Waals surface area contributed by atoms with Crippen molar-refractivity contribution in [1.29, 1.82) is 0 Å². The molecule has 6 heteroatoms. The maximum Gasteiger partial charge on any atom is 0.285 e. The van der Waals surface area contributed by atoms with Crippen molar-refractivity contribution in [3.05, 3.63) is 59.2 Å². The monoisotopic (exact) mass is 355 g/mol. The number of anilines is 1. The number of aryl methyl sites for hydroxylation is 1. The molecular formula is C19H21N3O2S. The Balaban J connectivity index is 1.56. The van der Waals surface area contributed by atoms with E-state index in [2.05, 4.69) is 46.2 Å². The third-order valence-electron chi connectivity index (χ3n) is 5.11. The van der Waals surface area contributed by atoms with Crippen molar-refractivity contribution in [1.82, 2.24) is 4.90 Å². The number of sulfonamides is 1. The Morgan fingerprint density at radius 1 is 0.880 bits per heavy atom. The van der Waals surface area contributed by atoms with E-state index in [1.165, 1.54) is 16.8 Å². The lowest BCUT2D eigenvalue weighted by molar-refractivity contribution is 0.387. The summed E-state index contributed by atoms with van der Waals surface area (Å²) >= 11 is 0. The van der Waals surface area contributed by atoms with Gasteiger partial charge < -0.3 is 9.80 Å². The highest BCUT2D eigenvalue weighted by Crippen LogP contribution is 2.29. The molecule has 0 aromatic heterocycles. The van der Waals surface area contributed by atoms with Crippen LogP contribution in [0.3, 0.4) is 0 Å². The molecule has 0 unspecified atom stereocenters. The average Bonchev–Trinajstić information content (AvgIpc) is 2.89. The Bertz CT molecular complexity index is 958. The second-order valence-corrected chi connectivity index (χ2v) is 8.15. The van der Waals surface area contributed by atoms with E-state index in [9.17, 15) is 8.42 Å². The minimum atomic E-state index is -3.55. The van der Waals surface area contributed by atoms with Gasteiger partial charge in [-0.05, 0) is 43.2 Å². The standard InChI is InChI=1S/C19H21N3O2S/c1-14-6-5-8-17(15(14)2)21-10-12-22(13-11-21)19-16-7-3-4-9-18(16)25(23,24)20-19/h3-9H,10-13H2,1-2H3. The zero-order valence-corrected chi connectivity index (χ0v) is 15.3. The van der Waals surface area contributed by atoms with E-state index in [0.29, 0.717) is 10.7 Å². The lowest BCUT2D eigenvalue weighted by Crippen LogP contribution is -2.49. The Morgan fingerprint density at radius 3 is 2.32 bits per heavy atom. The minimum Gasteiger partial charge on any atom is -0.368 e. The van der Waals surface area contributed by atoms with Crippen LogP contribution in [0.1, 0.15) is 16.7 Å². The first-order chi connectivity index (χ1) is 12.0. The largest absolute Gasteiger partial charge is 0.368 e. The molecule has 25 heavy (non-hydrogen) atoms. The van der Waals surface area contributed by atoms with Gasteiger partial charge in [-0.15, -0.1) is 4.40 Å². The Kier molecular flexibility index (Phi) is 3.80. The normalized spacial score (nSPS) is 18.9. The molecule has 2 aliphatic heterocycles. The summed E-state index contributed by atoms with van der Waals surface area (Å²) in [6.45, 7) is 7.51. The number of hydrogen-bond donors (Lipinski definition) is 0. The van der Waals surface area contributed by atoms with E-state index in [0.717, 1.165) is 31.7 Å². The fourth-order valence-electron chi connectivity index (χ4n) is 3.55. The summed E-state index contributed by atoms with van der Waals surface area (Å²) in [5.74, 6) is 0.594. The van der Waals surface area contributed by atoms with Crippen LogP contribution in [0.4, 0.5) is 5.69 Å². The molecule has 0 atom stereocenters. The smallest absolute Gasteiger partial charge is 0.285 e. The van der Waals surface area contributed by atoms with Crippen LogP contribution in [0.2, 0.25) is 0 Å². The van der Waals surface area contributed by atoms with Gasteiger partial charge in [-0.3, -0.25) is 0 Å². The fraction of sp³-hybridized carbons (Fsp3) is 0.316. The summed E-state index contributed by atoms with van der Waals surface area (Å²) in [6.07, 6.45) is 0. The molecule has 0 aliphatic carbocycles. The van der Waals surface area contributed by atoms with Gasteiger partial charge in [0.2, 0.25) is 0 Å². The van der Waals surface area contributed by atoms with Crippen LogP contribution < -0.4 is 4.90 Å². The Hall–Kier alpha value is -2.34. The molecule has 2 heterocycles. The minimum absolute atomic E-state index is 0.321. The van der Waals surface area contributed by atoms with Gasteiger partial charge in [0, 0.05) is 37.4 Å². The van der Waals surface area contributed by atoms with Gasteiger partial charge in [0.1, 0.15) is 4.90 Å². The highest BCUT2D eigenvalue weighted by molar-refractivity contribution is 7.90. The van der Waals surface area contributed by atoms with E-state index in [-0.39, 0.29) is 0 Å². The van der Waals surface area contributed by atoms with Crippen LogP contribution in [0, 0.1) is 13.8 Å². The van der Waals surface area contributed by atoms with Crippen molar-refractivity contribution < 1.29 is 8.42 Å². The summed E-state index contributed by atoms with van der Waals surface area (Å²) in [6, 6.07) is 13.5. The van der Waals surface area contributed by atoms with E-state index in [1.54, 1.807) is 12.1 Å². The van der Waals surface area contributed by atoms with Gasteiger partial charge in [0.15, 0.2) is 5.84 Å². The van der Waals surface area contributed by atoms with Gasteiger partial charge in [0.05, 0.1) is 0 Å². The molecule has 1 fully saturated rings. The first-order valence-corrected chi connectivity index (χ1v) is 9.92. The van der Waals surface area contributed by atoms with E-state index < -0.39 is 10.0 Å². The number of hydrogen-bond acceptors (Lipinski definition) is 4. The summed E-state index contributed by atoms with van der Waals surface area (Å²) in [7, 11) is -3.55. The third-order valence-corrected chi connectivity index (χ3v) is 6.43. The van der Waals surface area contributed by atoms with Crippen molar-refractivity contribution >= 4 is 21.5 Å². The number of amidine groups is 1. The fourth-order valence-corrected chi connectivity index (χ4v) is 4.78. The van der Waals surface area contributed by atoms with Crippen molar-refractivity contribution in [2.24, 2.45) is 4.40 Å². The molecule has 0 radical (unpaired) electrons. The Morgan fingerprint density at radius 2 is 1.56 bits per heavy atom. The number of nitrogens with zero attached hydrogens (tertiary/aromatic N) is 3. The van der Waals surface area contributed by atoms with Crippen LogP contribution in [-0.2, 0) is 10.0 Å². The molecule has 130 valence electrons. The van der Waals surface area contributed by atoms with Gasteiger partial charge in [0.25, 0.3) is 10.0 Å². The molecule has 2 aliphatic rings.